The molecule has 0 spiro atoms. The Hall–Kier alpha value is -3.77. The Kier molecular flexibility index (Phi) is 10.4. The number of aryl methyl sites for hydroxylation is 2. The van der Waals surface area contributed by atoms with E-state index >= 15 is 0 Å². The molecule has 0 aliphatic heterocycles. The second-order valence-electron chi connectivity index (χ2n) is 9.39. The van der Waals surface area contributed by atoms with Gasteiger partial charge in [-0.3, -0.25) is 4.79 Å². The maximum Gasteiger partial charge on any atom is 0.252 e. The summed E-state index contributed by atoms with van der Waals surface area (Å²) in [5.41, 5.74) is 3.82. The third-order valence-corrected chi connectivity index (χ3v) is 6.94. The zero-order chi connectivity index (χ0) is 27.5. The van der Waals surface area contributed by atoms with Crippen molar-refractivity contribution >= 4 is 28.5 Å². The number of rotatable bonds is 15. The molecule has 0 bridgehead atoms. The van der Waals surface area contributed by atoms with Gasteiger partial charge < -0.3 is 19.4 Å². The lowest BCUT2D eigenvalue weighted by Gasteiger charge is -2.13. The molecule has 4 aromatic rings. The van der Waals surface area contributed by atoms with Crippen LogP contribution < -0.4 is 14.8 Å². The minimum Gasteiger partial charge on any atom is -0.493 e. The molecular formula is C32H36ClN3O3. The van der Waals surface area contributed by atoms with Gasteiger partial charge in [0.1, 0.15) is 5.82 Å². The van der Waals surface area contributed by atoms with Crippen molar-refractivity contribution in [3.63, 3.8) is 0 Å². The fourth-order valence-electron chi connectivity index (χ4n) is 4.62. The van der Waals surface area contributed by atoms with Crippen molar-refractivity contribution in [2.24, 2.45) is 0 Å². The number of nitrogens with one attached hydrogen (secondary N) is 1. The van der Waals surface area contributed by atoms with Crippen molar-refractivity contribution in [2.45, 2.75) is 45.1 Å². The van der Waals surface area contributed by atoms with Crippen LogP contribution in [0.25, 0.3) is 11.0 Å². The summed E-state index contributed by atoms with van der Waals surface area (Å²) in [6, 6.07) is 21.4. The summed E-state index contributed by atoms with van der Waals surface area (Å²) < 4.78 is 13.9. The number of unbranched alkanes of at least 4 members (excludes halogenated alkanes) is 2. The standard InChI is InChI=1S/C32H36ClN3O3/c1-3-12-24-18-19-29(30(23-24)38-2)39-22-11-21-36-28-16-9-8-15-27(28)35-31(36)17-5-4-10-20-34-32(37)25-13-6-7-14-26(25)33/h3,6-9,13-16,18-19,23H,1,4-5,10-12,17,20-22H2,2H3,(H,34,37). The number of aromatic nitrogens is 2. The maximum atomic E-state index is 12.3. The molecule has 0 fully saturated rings. The summed E-state index contributed by atoms with van der Waals surface area (Å²) >= 11 is 6.12. The first-order chi connectivity index (χ1) is 19.1. The van der Waals surface area contributed by atoms with Crippen molar-refractivity contribution in [2.75, 3.05) is 20.3 Å². The van der Waals surface area contributed by atoms with Crippen LogP contribution in [0.1, 0.15) is 47.4 Å². The van der Waals surface area contributed by atoms with Gasteiger partial charge in [-0.15, -0.1) is 6.58 Å². The van der Waals surface area contributed by atoms with Gasteiger partial charge >= 0.3 is 0 Å². The zero-order valence-corrected chi connectivity index (χ0v) is 23.3. The van der Waals surface area contributed by atoms with Crippen molar-refractivity contribution in [1.82, 2.24) is 14.9 Å². The summed E-state index contributed by atoms with van der Waals surface area (Å²) in [6.07, 6.45) is 7.29. The van der Waals surface area contributed by atoms with Gasteiger partial charge in [-0.1, -0.05) is 54.4 Å². The SMILES string of the molecule is C=CCc1ccc(OCCCn2c(CCCCCNC(=O)c3ccccc3Cl)nc3ccccc32)c(OC)c1. The number of ether oxygens (including phenoxy) is 2. The highest BCUT2D eigenvalue weighted by Gasteiger charge is 2.12. The van der Waals surface area contributed by atoms with Crippen molar-refractivity contribution in [3.05, 3.63) is 101 Å². The Morgan fingerprint density at radius 1 is 1.03 bits per heavy atom. The van der Waals surface area contributed by atoms with Gasteiger partial charge in [-0.25, -0.2) is 4.98 Å². The first kappa shape index (κ1) is 28.2. The average Bonchev–Trinajstić information content (AvgIpc) is 3.30. The molecular weight excluding hydrogens is 510 g/mol. The zero-order valence-electron chi connectivity index (χ0n) is 22.5. The monoisotopic (exact) mass is 545 g/mol. The van der Waals surface area contributed by atoms with E-state index in [0.717, 1.165) is 79.0 Å². The van der Waals surface area contributed by atoms with Crippen LogP contribution in [-0.2, 0) is 19.4 Å². The predicted molar refractivity (Wildman–Crippen MR) is 158 cm³/mol. The number of methoxy groups -OCH3 is 1. The molecule has 204 valence electrons. The Morgan fingerprint density at radius 2 is 1.85 bits per heavy atom. The molecule has 1 aromatic heterocycles. The van der Waals surface area contributed by atoms with Gasteiger partial charge in [0.25, 0.3) is 5.91 Å². The second-order valence-corrected chi connectivity index (χ2v) is 9.80. The number of halogens is 1. The van der Waals surface area contributed by atoms with E-state index in [4.69, 9.17) is 26.1 Å². The maximum absolute atomic E-state index is 12.3. The van der Waals surface area contributed by atoms with Gasteiger partial charge in [-0.05, 0) is 67.6 Å². The molecule has 0 radical (unpaired) electrons. The van der Waals surface area contributed by atoms with Gasteiger partial charge in [0.15, 0.2) is 11.5 Å². The third-order valence-electron chi connectivity index (χ3n) is 6.61. The van der Waals surface area contributed by atoms with Crippen molar-refractivity contribution < 1.29 is 14.3 Å². The minimum absolute atomic E-state index is 0.130. The number of benzene rings is 3. The molecule has 39 heavy (non-hydrogen) atoms. The van der Waals surface area contributed by atoms with E-state index in [-0.39, 0.29) is 5.91 Å². The topological polar surface area (TPSA) is 65.4 Å². The molecule has 1 N–H and O–H groups in total. The number of carbonyl (C=O) groups is 1. The molecule has 1 heterocycles. The lowest BCUT2D eigenvalue weighted by atomic mass is 10.1. The Morgan fingerprint density at radius 3 is 2.67 bits per heavy atom. The molecule has 0 saturated carbocycles. The summed E-state index contributed by atoms with van der Waals surface area (Å²) in [7, 11) is 1.66. The number of fused-ring (bicyclic) bond motifs is 1. The molecule has 7 heteroatoms. The Balaban J connectivity index is 1.27. The first-order valence-electron chi connectivity index (χ1n) is 13.5. The molecule has 0 saturated heterocycles. The number of allylic oxidation sites excluding steroid dienone is 1. The average molecular weight is 546 g/mol. The van der Waals surface area contributed by atoms with E-state index in [1.165, 1.54) is 0 Å². The largest absolute Gasteiger partial charge is 0.493 e. The van der Waals surface area contributed by atoms with Crippen LogP contribution in [0, 0.1) is 0 Å². The van der Waals surface area contributed by atoms with Crippen LogP contribution in [0.2, 0.25) is 5.02 Å². The van der Waals surface area contributed by atoms with Gasteiger partial charge in [-0.2, -0.15) is 0 Å². The normalized spacial score (nSPS) is 10.9. The fourth-order valence-corrected chi connectivity index (χ4v) is 4.84. The smallest absolute Gasteiger partial charge is 0.252 e. The number of imidazole rings is 1. The van der Waals surface area contributed by atoms with E-state index in [1.54, 1.807) is 19.2 Å². The van der Waals surface area contributed by atoms with Gasteiger partial charge in [0.05, 0.1) is 35.3 Å². The Bertz CT molecular complexity index is 1400. The molecule has 1 amide bonds. The van der Waals surface area contributed by atoms with Crippen LogP contribution in [0.5, 0.6) is 11.5 Å². The van der Waals surface area contributed by atoms with Crippen LogP contribution in [0.3, 0.4) is 0 Å². The molecule has 0 atom stereocenters. The highest BCUT2D eigenvalue weighted by Crippen LogP contribution is 2.28. The summed E-state index contributed by atoms with van der Waals surface area (Å²) in [6.45, 7) is 5.82. The molecule has 0 aliphatic carbocycles. The van der Waals surface area contributed by atoms with E-state index in [0.29, 0.717) is 23.7 Å². The van der Waals surface area contributed by atoms with E-state index < -0.39 is 0 Å². The summed E-state index contributed by atoms with van der Waals surface area (Å²) in [4.78, 5) is 17.2. The first-order valence-corrected chi connectivity index (χ1v) is 13.9. The van der Waals surface area contributed by atoms with Crippen molar-refractivity contribution in [1.29, 1.82) is 0 Å². The molecule has 0 unspecified atom stereocenters. The van der Waals surface area contributed by atoms with E-state index in [1.807, 2.05) is 42.5 Å². The highest BCUT2D eigenvalue weighted by molar-refractivity contribution is 6.33. The number of para-hydroxylation sites is 2. The van der Waals surface area contributed by atoms with Crippen LogP contribution in [0.4, 0.5) is 0 Å². The molecule has 4 rings (SSSR count). The number of hydrogen-bond donors (Lipinski definition) is 1. The number of amides is 1. The molecule has 0 aliphatic rings. The van der Waals surface area contributed by atoms with E-state index in [2.05, 4.69) is 34.7 Å². The Labute approximate surface area is 235 Å². The number of carbonyl (C=O) groups excluding carboxylic acids is 1. The minimum atomic E-state index is -0.130. The fraction of sp³-hybridized carbons (Fsp3) is 0.312. The number of nitrogens with zero attached hydrogens (tertiary/aromatic N) is 2. The second kappa shape index (κ2) is 14.4. The van der Waals surface area contributed by atoms with Crippen molar-refractivity contribution in [3.8, 4) is 11.5 Å². The lowest BCUT2D eigenvalue weighted by molar-refractivity contribution is 0.0953. The summed E-state index contributed by atoms with van der Waals surface area (Å²) in [5.74, 6) is 2.45. The molecule has 6 nitrogen and oxygen atoms in total. The van der Waals surface area contributed by atoms with Gasteiger partial charge in [0.2, 0.25) is 0 Å². The van der Waals surface area contributed by atoms with Crippen LogP contribution in [0.15, 0.2) is 79.4 Å². The lowest BCUT2D eigenvalue weighted by Crippen LogP contribution is -2.24. The van der Waals surface area contributed by atoms with Gasteiger partial charge in [0, 0.05) is 19.5 Å². The van der Waals surface area contributed by atoms with E-state index in [9.17, 15) is 4.79 Å². The quantitative estimate of drug-likeness (QED) is 0.128. The third kappa shape index (κ3) is 7.64. The highest BCUT2D eigenvalue weighted by atomic mass is 35.5. The van der Waals surface area contributed by atoms with Crippen LogP contribution in [-0.4, -0.2) is 35.7 Å². The predicted octanol–water partition coefficient (Wildman–Crippen LogP) is 7.04. The summed E-state index contributed by atoms with van der Waals surface area (Å²) in [5, 5.41) is 3.44. The van der Waals surface area contributed by atoms with Crippen LogP contribution >= 0.6 is 11.6 Å². The molecule has 3 aromatic carbocycles. The number of hydrogen-bond acceptors (Lipinski definition) is 4.